The third kappa shape index (κ3) is 6.50. The van der Waals surface area contributed by atoms with Crippen molar-refractivity contribution < 1.29 is 17.9 Å². The minimum absolute atomic E-state index is 0.0587. The second kappa shape index (κ2) is 11.0. The van der Waals surface area contributed by atoms with Gasteiger partial charge in [0.05, 0.1) is 11.6 Å². The lowest BCUT2D eigenvalue weighted by Gasteiger charge is -2.28. The number of halogens is 2. The Bertz CT molecular complexity index is 771. The van der Waals surface area contributed by atoms with E-state index >= 15 is 0 Å². The van der Waals surface area contributed by atoms with Crippen LogP contribution in [0.25, 0.3) is 0 Å². The fourth-order valence-corrected chi connectivity index (χ4v) is 5.49. The molecule has 2 atom stereocenters. The molecule has 28 heavy (non-hydrogen) atoms. The van der Waals surface area contributed by atoms with Crippen molar-refractivity contribution in [3.63, 3.8) is 0 Å². The third-order valence-corrected chi connectivity index (χ3v) is 7.42. The van der Waals surface area contributed by atoms with Crippen LogP contribution in [0.15, 0.2) is 23.1 Å². The monoisotopic (exact) mass is 468 g/mol. The zero-order valence-electron chi connectivity index (χ0n) is 16.0. The Kier molecular flexibility index (Phi) is 9.37. The number of carbonyl (C=O) groups excluding carboxylic acids is 1. The van der Waals surface area contributed by atoms with E-state index in [1.54, 1.807) is 16.7 Å². The second-order valence-electron chi connectivity index (χ2n) is 6.64. The molecule has 0 bridgehead atoms. The number of nitrogens with zero attached hydrogens (tertiary/aromatic N) is 1. The van der Waals surface area contributed by atoms with E-state index in [0.717, 1.165) is 6.42 Å². The number of hydrogen-bond donors (Lipinski definition) is 1. The Morgan fingerprint density at radius 1 is 1.43 bits per heavy atom. The van der Waals surface area contributed by atoms with Gasteiger partial charge in [-0.2, -0.15) is 16.5 Å². The minimum Gasteiger partial charge on any atom is -0.381 e. The highest BCUT2D eigenvalue weighted by Crippen LogP contribution is 2.25. The molecule has 1 aromatic rings. The number of sulfonamides is 1. The average Bonchev–Trinajstić information content (AvgIpc) is 3.17. The molecule has 0 spiro atoms. The van der Waals surface area contributed by atoms with E-state index in [1.165, 1.54) is 18.2 Å². The number of hydrogen-bond acceptors (Lipinski definition) is 5. The predicted molar refractivity (Wildman–Crippen MR) is 115 cm³/mol. The zero-order valence-corrected chi connectivity index (χ0v) is 19.1. The summed E-state index contributed by atoms with van der Waals surface area (Å²) in [5.41, 5.74) is 0. The fourth-order valence-electron chi connectivity index (χ4n) is 3.04. The van der Waals surface area contributed by atoms with Gasteiger partial charge in [-0.3, -0.25) is 4.79 Å². The van der Waals surface area contributed by atoms with E-state index in [9.17, 15) is 13.2 Å². The molecule has 158 valence electrons. The van der Waals surface area contributed by atoms with Crippen molar-refractivity contribution in [3.05, 3.63) is 28.2 Å². The van der Waals surface area contributed by atoms with Gasteiger partial charge in [0, 0.05) is 30.6 Å². The molecule has 0 aliphatic carbocycles. The molecule has 1 saturated heterocycles. The van der Waals surface area contributed by atoms with Gasteiger partial charge in [0.2, 0.25) is 15.9 Å². The van der Waals surface area contributed by atoms with Gasteiger partial charge >= 0.3 is 0 Å². The average molecular weight is 469 g/mol. The molecule has 6 nitrogen and oxygen atoms in total. The highest BCUT2D eigenvalue weighted by molar-refractivity contribution is 7.98. The number of amides is 1. The molecule has 2 unspecified atom stereocenters. The summed E-state index contributed by atoms with van der Waals surface area (Å²) in [5.74, 6) is 0.695. The molecular weight excluding hydrogens is 443 g/mol. The first-order chi connectivity index (χ1) is 13.3. The molecule has 1 heterocycles. The first-order valence-corrected chi connectivity index (χ1v) is 12.7. The van der Waals surface area contributed by atoms with Crippen molar-refractivity contribution in [1.29, 1.82) is 0 Å². The number of thioether (sulfide) groups is 1. The normalized spacial score (nSPS) is 18.2. The summed E-state index contributed by atoms with van der Waals surface area (Å²) in [5, 5.41) is 0.316. The van der Waals surface area contributed by atoms with Crippen LogP contribution < -0.4 is 4.72 Å². The first-order valence-electron chi connectivity index (χ1n) is 9.11. The van der Waals surface area contributed by atoms with E-state index in [1.807, 2.05) is 13.2 Å². The van der Waals surface area contributed by atoms with Crippen molar-refractivity contribution in [3.8, 4) is 0 Å². The summed E-state index contributed by atoms with van der Waals surface area (Å²) < 4.78 is 33.7. The van der Waals surface area contributed by atoms with Crippen molar-refractivity contribution >= 4 is 50.9 Å². The summed E-state index contributed by atoms with van der Waals surface area (Å²) in [7, 11) is -4.00. The van der Waals surface area contributed by atoms with Gasteiger partial charge in [0.25, 0.3) is 0 Å². The van der Waals surface area contributed by atoms with E-state index < -0.39 is 16.1 Å². The highest BCUT2D eigenvalue weighted by Gasteiger charge is 2.31. The maximum absolute atomic E-state index is 13.1. The number of carbonyl (C=O) groups is 1. The van der Waals surface area contributed by atoms with Crippen molar-refractivity contribution in [2.24, 2.45) is 5.92 Å². The molecule has 0 radical (unpaired) electrons. The smallest absolute Gasteiger partial charge is 0.242 e. The topological polar surface area (TPSA) is 75.7 Å². The Morgan fingerprint density at radius 2 is 2.18 bits per heavy atom. The maximum atomic E-state index is 13.1. The summed E-state index contributed by atoms with van der Waals surface area (Å²) in [6, 6.07) is 3.36. The van der Waals surface area contributed by atoms with E-state index in [4.69, 9.17) is 27.9 Å². The molecule has 0 saturated carbocycles. The molecule has 1 aliphatic heterocycles. The molecule has 1 aromatic carbocycles. The molecular formula is C18H26Cl2N2O4S2. The van der Waals surface area contributed by atoms with Gasteiger partial charge in [0.15, 0.2) is 0 Å². The van der Waals surface area contributed by atoms with Crippen LogP contribution in [-0.2, 0) is 19.6 Å². The Balaban J connectivity index is 2.21. The fraction of sp³-hybridized carbons (Fsp3) is 0.611. The van der Waals surface area contributed by atoms with Gasteiger partial charge in [-0.15, -0.1) is 0 Å². The quantitative estimate of drug-likeness (QED) is 0.569. The van der Waals surface area contributed by atoms with E-state index in [0.29, 0.717) is 38.5 Å². The molecule has 10 heteroatoms. The molecule has 0 aromatic heterocycles. The highest BCUT2D eigenvalue weighted by atomic mass is 35.5. The van der Waals surface area contributed by atoms with Crippen LogP contribution in [0.1, 0.15) is 19.8 Å². The summed E-state index contributed by atoms with van der Waals surface area (Å²) in [6.45, 7) is 4.28. The third-order valence-electron chi connectivity index (χ3n) is 4.58. The largest absolute Gasteiger partial charge is 0.381 e. The molecule has 1 N–H and O–H groups in total. The van der Waals surface area contributed by atoms with Gasteiger partial charge in [-0.25, -0.2) is 8.42 Å². The van der Waals surface area contributed by atoms with Crippen molar-refractivity contribution in [2.75, 3.05) is 38.3 Å². The van der Waals surface area contributed by atoms with Gasteiger partial charge in [-0.1, -0.05) is 23.2 Å². The predicted octanol–water partition coefficient (Wildman–Crippen LogP) is 3.28. The van der Waals surface area contributed by atoms with Gasteiger partial charge in [0.1, 0.15) is 10.9 Å². The first kappa shape index (κ1) is 23.8. The summed E-state index contributed by atoms with van der Waals surface area (Å²) in [6.07, 6.45) is 3.20. The van der Waals surface area contributed by atoms with Crippen LogP contribution in [0.2, 0.25) is 10.0 Å². The molecule has 2 rings (SSSR count). The number of likely N-dealkylation sites (N-methyl/N-ethyl adjacent to an activating group) is 1. The Hall–Kier alpha value is -0.510. The van der Waals surface area contributed by atoms with Crippen LogP contribution in [0.4, 0.5) is 0 Å². The van der Waals surface area contributed by atoms with Crippen molar-refractivity contribution in [2.45, 2.75) is 30.7 Å². The standard InChI is InChI=1S/C18H26Cl2N2O4S2/c1-3-22(11-13-6-8-26-12-13)18(23)16(7-9-27-2)21-28(24,25)17-10-14(19)4-5-15(17)20/h4-5,10,13,16,21H,3,6-9,11-12H2,1-2H3. The molecule has 1 amide bonds. The number of rotatable bonds is 10. The van der Waals surface area contributed by atoms with Crippen LogP contribution >= 0.6 is 35.0 Å². The number of ether oxygens (including phenoxy) is 1. The zero-order chi connectivity index (χ0) is 20.7. The van der Waals surface area contributed by atoms with Crippen molar-refractivity contribution in [1.82, 2.24) is 9.62 Å². The van der Waals surface area contributed by atoms with E-state index in [2.05, 4.69) is 4.72 Å². The summed E-state index contributed by atoms with van der Waals surface area (Å²) >= 11 is 13.5. The Labute approximate surface area is 181 Å². The molecule has 1 fully saturated rings. The van der Waals surface area contributed by atoms with Crippen LogP contribution in [0.5, 0.6) is 0 Å². The van der Waals surface area contributed by atoms with Gasteiger partial charge in [-0.05, 0) is 50.0 Å². The number of benzene rings is 1. The molecule has 1 aliphatic rings. The maximum Gasteiger partial charge on any atom is 0.242 e. The van der Waals surface area contributed by atoms with Crippen LogP contribution in [-0.4, -0.2) is 63.6 Å². The lowest BCUT2D eigenvalue weighted by Crippen LogP contribution is -2.50. The summed E-state index contributed by atoms with van der Waals surface area (Å²) in [4.78, 5) is 14.7. The Morgan fingerprint density at radius 3 is 2.79 bits per heavy atom. The number of nitrogens with one attached hydrogen (secondary N) is 1. The van der Waals surface area contributed by atoms with Crippen LogP contribution in [0.3, 0.4) is 0 Å². The lowest BCUT2D eigenvalue weighted by molar-refractivity contribution is -0.133. The van der Waals surface area contributed by atoms with Crippen LogP contribution in [0, 0.1) is 5.92 Å². The minimum atomic E-state index is -4.00. The second-order valence-corrected chi connectivity index (χ2v) is 10.1. The lowest BCUT2D eigenvalue weighted by atomic mass is 10.1. The van der Waals surface area contributed by atoms with Gasteiger partial charge < -0.3 is 9.64 Å². The SMILES string of the molecule is CCN(CC1CCOC1)C(=O)C(CCSC)NS(=O)(=O)c1cc(Cl)ccc1Cl. The van der Waals surface area contributed by atoms with E-state index in [-0.39, 0.29) is 26.8 Å².